The van der Waals surface area contributed by atoms with Gasteiger partial charge in [-0.2, -0.15) is 0 Å². The highest BCUT2D eigenvalue weighted by Gasteiger charge is 2.14. The minimum Gasteiger partial charge on any atom is -0.388 e. The van der Waals surface area contributed by atoms with Crippen molar-refractivity contribution in [1.29, 1.82) is 0 Å². The molecule has 0 saturated heterocycles. The molecule has 0 unspecified atom stereocenters. The summed E-state index contributed by atoms with van der Waals surface area (Å²) < 4.78 is 3.84. The van der Waals surface area contributed by atoms with Gasteiger partial charge >= 0.3 is 18.3 Å². The molecule has 0 aromatic heterocycles. The van der Waals surface area contributed by atoms with Crippen molar-refractivity contribution < 1.29 is 19.1 Å². The highest BCUT2D eigenvalue weighted by atomic mass is 16.6. The van der Waals surface area contributed by atoms with E-state index in [0.717, 1.165) is 0 Å². The van der Waals surface area contributed by atoms with Crippen molar-refractivity contribution in [3.8, 4) is 0 Å². The molecule has 0 fully saturated rings. The van der Waals surface area contributed by atoms with Gasteiger partial charge in [-0.05, 0) is 12.1 Å². The molecule has 5 nitrogen and oxygen atoms in total. The summed E-state index contributed by atoms with van der Waals surface area (Å²) in [4.78, 5) is 31.4. The van der Waals surface area contributed by atoms with Gasteiger partial charge in [-0.3, -0.25) is 9.59 Å². The number of amides is 1. The van der Waals surface area contributed by atoms with Gasteiger partial charge in [-0.25, -0.2) is 4.79 Å². The first kappa shape index (κ1) is 9.91. The van der Waals surface area contributed by atoms with Crippen LogP contribution in [0.25, 0.3) is 0 Å². The van der Waals surface area contributed by atoms with E-state index in [2.05, 4.69) is 10.1 Å². The lowest BCUT2D eigenvalue weighted by atomic mass is 10.3. The number of benzene rings is 1. The zero-order chi connectivity index (χ0) is 10.4. The standard InChI is InChI=1S/C9H7NO4/c11-6-14-9(13)8(12)10-7-4-2-1-3-5-7/h1-6H,(H,10,12). The minimum atomic E-state index is -1.23. The number of carbonyl (C=O) groups is 3. The number of nitrogens with one attached hydrogen (secondary N) is 1. The summed E-state index contributed by atoms with van der Waals surface area (Å²) in [7, 11) is 0. The third kappa shape index (κ3) is 2.71. The Hall–Kier alpha value is -2.17. The fraction of sp³-hybridized carbons (Fsp3) is 0. The lowest BCUT2D eigenvalue weighted by Gasteiger charge is -2.01. The van der Waals surface area contributed by atoms with E-state index in [1.807, 2.05) is 0 Å². The number of para-hydroxylation sites is 1. The molecule has 0 aliphatic heterocycles. The van der Waals surface area contributed by atoms with Crippen LogP contribution in [0.4, 0.5) is 5.69 Å². The summed E-state index contributed by atoms with van der Waals surface area (Å²) in [5.41, 5.74) is 0.459. The van der Waals surface area contributed by atoms with Crippen LogP contribution in [0, 0.1) is 0 Å². The van der Waals surface area contributed by atoms with Crippen molar-refractivity contribution in [2.45, 2.75) is 0 Å². The molecule has 1 amide bonds. The van der Waals surface area contributed by atoms with Crippen molar-refractivity contribution in [2.24, 2.45) is 0 Å². The zero-order valence-electron chi connectivity index (χ0n) is 7.10. The maximum Gasteiger partial charge on any atom is 0.404 e. The van der Waals surface area contributed by atoms with E-state index >= 15 is 0 Å². The third-order valence-corrected chi connectivity index (χ3v) is 1.37. The van der Waals surface area contributed by atoms with Crippen molar-refractivity contribution in [3.63, 3.8) is 0 Å². The van der Waals surface area contributed by atoms with Crippen LogP contribution in [0.3, 0.4) is 0 Å². The van der Waals surface area contributed by atoms with Crippen LogP contribution in [0.1, 0.15) is 0 Å². The summed E-state index contributed by atoms with van der Waals surface area (Å²) >= 11 is 0. The largest absolute Gasteiger partial charge is 0.404 e. The van der Waals surface area contributed by atoms with E-state index in [0.29, 0.717) is 5.69 Å². The summed E-state index contributed by atoms with van der Waals surface area (Å²) in [5, 5.41) is 2.25. The second-order valence-corrected chi connectivity index (χ2v) is 2.32. The van der Waals surface area contributed by atoms with Gasteiger partial charge in [0.2, 0.25) is 0 Å². The zero-order valence-corrected chi connectivity index (χ0v) is 7.10. The summed E-state index contributed by atoms with van der Waals surface area (Å²) in [6, 6.07) is 8.36. The molecule has 14 heavy (non-hydrogen) atoms. The third-order valence-electron chi connectivity index (χ3n) is 1.37. The Labute approximate surface area is 79.7 Å². The summed E-state index contributed by atoms with van der Waals surface area (Å²) in [5.74, 6) is -2.22. The quantitative estimate of drug-likeness (QED) is 0.318. The fourth-order valence-electron chi connectivity index (χ4n) is 0.801. The van der Waals surface area contributed by atoms with Crippen LogP contribution in [-0.2, 0) is 19.1 Å². The molecular formula is C9H7NO4. The van der Waals surface area contributed by atoms with Crippen LogP contribution in [0.15, 0.2) is 30.3 Å². The molecule has 0 aliphatic rings. The van der Waals surface area contributed by atoms with E-state index in [1.54, 1.807) is 30.3 Å². The Morgan fingerprint density at radius 3 is 2.43 bits per heavy atom. The predicted molar refractivity (Wildman–Crippen MR) is 47.2 cm³/mol. The van der Waals surface area contributed by atoms with E-state index < -0.39 is 11.9 Å². The maximum atomic E-state index is 11.0. The van der Waals surface area contributed by atoms with Gasteiger partial charge < -0.3 is 10.1 Å². The van der Waals surface area contributed by atoms with Gasteiger partial charge in [0.05, 0.1) is 0 Å². The van der Waals surface area contributed by atoms with Crippen LogP contribution >= 0.6 is 0 Å². The van der Waals surface area contributed by atoms with Gasteiger partial charge in [0.15, 0.2) is 0 Å². The maximum absolute atomic E-state index is 11.0. The molecule has 1 aromatic rings. The lowest BCUT2D eigenvalue weighted by Crippen LogP contribution is -2.24. The van der Waals surface area contributed by atoms with Crippen molar-refractivity contribution >= 4 is 24.0 Å². The average Bonchev–Trinajstić information content (AvgIpc) is 2.19. The molecule has 0 atom stereocenters. The molecule has 1 aromatic carbocycles. The number of carbonyl (C=O) groups excluding carboxylic acids is 3. The summed E-state index contributed by atoms with van der Waals surface area (Å²) in [6.07, 6.45) is 0. The van der Waals surface area contributed by atoms with Gasteiger partial charge in [-0.1, -0.05) is 18.2 Å². The molecule has 0 spiro atoms. The molecule has 1 rings (SSSR count). The Kier molecular flexibility index (Phi) is 3.37. The Morgan fingerprint density at radius 1 is 1.21 bits per heavy atom. The van der Waals surface area contributed by atoms with Crippen LogP contribution < -0.4 is 5.32 Å². The van der Waals surface area contributed by atoms with Crippen LogP contribution in [0.2, 0.25) is 0 Å². The average molecular weight is 193 g/mol. The van der Waals surface area contributed by atoms with Gasteiger partial charge in [0.25, 0.3) is 0 Å². The molecule has 0 heterocycles. The highest BCUT2D eigenvalue weighted by Crippen LogP contribution is 2.04. The first-order valence-corrected chi connectivity index (χ1v) is 3.74. The van der Waals surface area contributed by atoms with Gasteiger partial charge in [-0.15, -0.1) is 0 Å². The number of esters is 1. The molecule has 0 saturated carbocycles. The van der Waals surface area contributed by atoms with Gasteiger partial charge in [0.1, 0.15) is 0 Å². The molecule has 0 radical (unpaired) electrons. The van der Waals surface area contributed by atoms with Crippen molar-refractivity contribution in [2.75, 3.05) is 5.32 Å². The number of rotatable bonds is 2. The predicted octanol–water partition coefficient (Wildman–Crippen LogP) is 0.325. The number of anilines is 1. The van der Waals surface area contributed by atoms with Gasteiger partial charge in [0, 0.05) is 5.69 Å². The molecule has 5 heteroatoms. The molecular weight excluding hydrogens is 186 g/mol. The molecule has 0 aliphatic carbocycles. The number of hydrogen-bond donors (Lipinski definition) is 1. The monoisotopic (exact) mass is 193 g/mol. The van der Waals surface area contributed by atoms with E-state index in [9.17, 15) is 14.4 Å². The minimum absolute atomic E-state index is 0.0904. The lowest BCUT2D eigenvalue weighted by molar-refractivity contribution is -0.157. The van der Waals surface area contributed by atoms with Crippen molar-refractivity contribution in [3.05, 3.63) is 30.3 Å². The number of ether oxygens (including phenoxy) is 1. The first-order valence-electron chi connectivity index (χ1n) is 3.74. The second-order valence-electron chi connectivity index (χ2n) is 2.32. The molecule has 0 bridgehead atoms. The first-order chi connectivity index (χ1) is 6.74. The Balaban J connectivity index is 2.57. The van der Waals surface area contributed by atoms with E-state index in [4.69, 9.17) is 0 Å². The fourth-order valence-corrected chi connectivity index (χ4v) is 0.801. The normalized spacial score (nSPS) is 8.86. The SMILES string of the molecule is O=COC(=O)C(=O)Nc1ccccc1. The van der Waals surface area contributed by atoms with E-state index in [1.165, 1.54) is 0 Å². The Morgan fingerprint density at radius 2 is 1.86 bits per heavy atom. The van der Waals surface area contributed by atoms with Crippen LogP contribution in [0.5, 0.6) is 0 Å². The Bertz CT molecular complexity index is 347. The van der Waals surface area contributed by atoms with Crippen molar-refractivity contribution in [1.82, 2.24) is 0 Å². The topological polar surface area (TPSA) is 72.5 Å². The number of hydrogen-bond acceptors (Lipinski definition) is 4. The van der Waals surface area contributed by atoms with E-state index in [-0.39, 0.29) is 6.47 Å². The summed E-state index contributed by atoms with van der Waals surface area (Å²) in [6.45, 7) is -0.0904. The smallest absolute Gasteiger partial charge is 0.388 e. The molecule has 72 valence electrons. The van der Waals surface area contributed by atoms with Crippen LogP contribution in [-0.4, -0.2) is 18.3 Å². The highest BCUT2D eigenvalue weighted by molar-refractivity contribution is 6.38. The second kappa shape index (κ2) is 4.76. The molecule has 1 N–H and O–H groups in total.